The Balaban J connectivity index is 2.29. The summed E-state index contributed by atoms with van der Waals surface area (Å²) in [6.07, 6.45) is 1.90. The second-order valence-electron chi connectivity index (χ2n) is 5.72. The third-order valence-corrected chi connectivity index (χ3v) is 3.25. The molecule has 102 valence electrons. The van der Waals surface area contributed by atoms with E-state index >= 15 is 0 Å². The number of nitrogens with one attached hydrogen (secondary N) is 1. The van der Waals surface area contributed by atoms with Gasteiger partial charge in [-0.15, -0.1) is 0 Å². The second-order valence-corrected chi connectivity index (χ2v) is 5.72. The summed E-state index contributed by atoms with van der Waals surface area (Å²) < 4.78 is 0. The first-order valence-corrected chi connectivity index (χ1v) is 6.87. The minimum absolute atomic E-state index is 0.117. The molecule has 1 heterocycles. The average molecular weight is 258 g/mol. The highest BCUT2D eigenvalue weighted by molar-refractivity contribution is 5.98. The van der Waals surface area contributed by atoms with Gasteiger partial charge in [-0.05, 0) is 44.0 Å². The third kappa shape index (κ3) is 2.98. The van der Waals surface area contributed by atoms with Crippen LogP contribution in [0.2, 0.25) is 0 Å². The third-order valence-electron chi connectivity index (χ3n) is 3.25. The van der Waals surface area contributed by atoms with Crippen LogP contribution in [-0.2, 0) is 0 Å². The normalized spacial score (nSPS) is 11.5. The number of fused-ring (bicyclic) bond motifs is 1. The van der Waals surface area contributed by atoms with E-state index in [1.165, 1.54) is 0 Å². The van der Waals surface area contributed by atoms with E-state index in [0.717, 1.165) is 23.0 Å². The molecule has 0 saturated carbocycles. The molecule has 2 aromatic rings. The molecule has 0 aliphatic rings. The van der Waals surface area contributed by atoms with Crippen molar-refractivity contribution < 1.29 is 4.79 Å². The number of hydrogen-bond donors (Lipinski definition) is 1. The van der Waals surface area contributed by atoms with E-state index in [-0.39, 0.29) is 11.9 Å². The van der Waals surface area contributed by atoms with E-state index in [4.69, 9.17) is 0 Å². The molecule has 0 spiro atoms. The lowest BCUT2D eigenvalue weighted by atomic mass is 10.1. The predicted molar refractivity (Wildman–Crippen MR) is 79.3 cm³/mol. The topological polar surface area (TPSA) is 36.1 Å². The summed E-state index contributed by atoms with van der Waals surface area (Å²) in [5.41, 5.74) is 1.83. The zero-order chi connectivity index (χ0) is 14.0. The Morgan fingerprint density at radius 2 is 1.95 bits per heavy atom. The van der Waals surface area contributed by atoms with Crippen LogP contribution >= 0.6 is 0 Å². The lowest BCUT2D eigenvalue weighted by molar-refractivity contribution is 0.0682. The van der Waals surface area contributed by atoms with E-state index in [9.17, 15) is 4.79 Å². The monoisotopic (exact) mass is 258 g/mol. The quantitative estimate of drug-likeness (QED) is 0.892. The fourth-order valence-electron chi connectivity index (χ4n) is 2.27. The minimum Gasteiger partial charge on any atom is -0.361 e. The first-order chi connectivity index (χ1) is 8.99. The summed E-state index contributed by atoms with van der Waals surface area (Å²) in [5.74, 6) is 0.592. The number of carbonyl (C=O) groups is 1. The van der Waals surface area contributed by atoms with E-state index in [0.29, 0.717) is 5.92 Å². The van der Waals surface area contributed by atoms with Gasteiger partial charge < -0.3 is 9.88 Å². The fraction of sp³-hybridized carbons (Fsp3) is 0.438. The summed E-state index contributed by atoms with van der Waals surface area (Å²) in [6, 6.07) is 8.04. The summed E-state index contributed by atoms with van der Waals surface area (Å²) in [6.45, 7) is 9.20. The molecule has 0 aliphatic carbocycles. The van der Waals surface area contributed by atoms with Crippen LogP contribution in [0.3, 0.4) is 0 Å². The van der Waals surface area contributed by atoms with Crippen molar-refractivity contribution in [2.24, 2.45) is 5.92 Å². The van der Waals surface area contributed by atoms with E-state index in [2.05, 4.69) is 32.7 Å². The molecule has 19 heavy (non-hydrogen) atoms. The number of aromatic amines is 1. The van der Waals surface area contributed by atoms with Crippen molar-refractivity contribution in [2.75, 3.05) is 6.54 Å². The smallest absolute Gasteiger partial charge is 0.254 e. The maximum atomic E-state index is 12.6. The molecule has 0 fully saturated rings. The highest BCUT2D eigenvalue weighted by atomic mass is 16.2. The van der Waals surface area contributed by atoms with Crippen LogP contribution in [0.1, 0.15) is 38.1 Å². The van der Waals surface area contributed by atoms with Gasteiger partial charge in [-0.25, -0.2) is 0 Å². The number of rotatable bonds is 4. The van der Waals surface area contributed by atoms with Crippen molar-refractivity contribution in [3.8, 4) is 0 Å². The Morgan fingerprint density at radius 1 is 1.21 bits per heavy atom. The van der Waals surface area contributed by atoms with Crippen molar-refractivity contribution in [1.29, 1.82) is 0 Å². The molecule has 2 rings (SSSR count). The number of H-pyrrole nitrogens is 1. The number of benzene rings is 1. The Bertz CT molecular complexity index is 569. The number of hydrogen-bond acceptors (Lipinski definition) is 1. The summed E-state index contributed by atoms with van der Waals surface area (Å²) in [4.78, 5) is 17.7. The predicted octanol–water partition coefficient (Wildman–Crippen LogP) is 3.67. The summed E-state index contributed by atoms with van der Waals surface area (Å²) >= 11 is 0. The minimum atomic E-state index is 0.117. The maximum absolute atomic E-state index is 12.6. The standard InChI is InChI=1S/C16H22N2O/c1-11(2)10-18(12(3)4)16(19)14-5-6-15-13(9-14)7-8-17-15/h5-9,11-12,17H,10H2,1-4H3. The average Bonchev–Trinajstić information content (AvgIpc) is 2.81. The SMILES string of the molecule is CC(C)CN(C(=O)c1ccc2[nH]ccc2c1)C(C)C. The van der Waals surface area contributed by atoms with Crippen LogP contribution in [0.25, 0.3) is 10.9 Å². The molecule has 0 bridgehead atoms. The number of amides is 1. The van der Waals surface area contributed by atoms with Gasteiger partial charge >= 0.3 is 0 Å². The molecule has 1 aromatic heterocycles. The first-order valence-electron chi connectivity index (χ1n) is 6.87. The maximum Gasteiger partial charge on any atom is 0.254 e. The highest BCUT2D eigenvalue weighted by Crippen LogP contribution is 2.17. The van der Waals surface area contributed by atoms with Crippen LogP contribution in [0.4, 0.5) is 0 Å². The van der Waals surface area contributed by atoms with Crippen molar-refractivity contribution in [3.05, 3.63) is 36.0 Å². The molecule has 3 heteroatoms. The van der Waals surface area contributed by atoms with Crippen LogP contribution in [-0.4, -0.2) is 28.4 Å². The van der Waals surface area contributed by atoms with Gasteiger partial charge in [0.05, 0.1) is 0 Å². The zero-order valence-corrected chi connectivity index (χ0v) is 12.1. The molecular weight excluding hydrogens is 236 g/mol. The Kier molecular flexibility index (Phi) is 3.93. The molecule has 0 unspecified atom stereocenters. The van der Waals surface area contributed by atoms with Gasteiger partial charge in [-0.2, -0.15) is 0 Å². The first kappa shape index (κ1) is 13.7. The molecule has 1 aromatic carbocycles. The molecule has 3 nitrogen and oxygen atoms in total. The lowest BCUT2D eigenvalue weighted by Crippen LogP contribution is -2.39. The van der Waals surface area contributed by atoms with Gasteiger partial charge in [0, 0.05) is 35.2 Å². The van der Waals surface area contributed by atoms with E-state index < -0.39 is 0 Å². The lowest BCUT2D eigenvalue weighted by Gasteiger charge is -2.28. The van der Waals surface area contributed by atoms with Crippen molar-refractivity contribution in [1.82, 2.24) is 9.88 Å². The Morgan fingerprint density at radius 3 is 2.58 bits per heavy atom. The summed E-state index contributed by atoms with van der Waals surface area (Å²) in [7, 11) is 0. The van der Waals surface area contributed by atoms with Crippen molar-refractivity contribution in [3.63, 3.8) is 0 Å². The van der Waals surface area contributed by atoms with E-state index in [1.54, 1.807) is 0 Å². The molecule has 0 saturated heterocycles. The Labute approximate surface area is 114 Å². The van der Waals surface area contributed by atoms with Crippen molar-refractivity contribution >= 4 is 16.8 Å². The van der Waals surface area contributed by atoms with Gasteiger partial charge in [0.25, 0.3) is 5.91 Å². The molecule has 0 radical (unpaired) electrons. The van der Waals surface area contributed by atoms with Crippen LogP contribution in [0.15, 0.2) is 30.5 Å². The van der Waals surface area contributed by atoms with Gasteiger partial charge in [0.2, 0.25) is 0 Å². The Hall–Kier alpha value is -1.77. The van der Waals surface area contributed by atoms with Crippen molar-refractivity contribution in [2.45, 2.75) is 33.7 Å². The molecular formula is C16H22N2O. The molecule has 0 atom stereocenters. The molecule has 0 aliphatic heterocycles. The summed E-state index contributed by atoms with van der Waals surface area (Å²) in [5, 5.41) is 1.08. The highest BCUT2D eigenvalue weighted by Gasteiger charge is 2.19. The molecule has 1 N–H and O–H groups in total. The van der Waals surface area contributed by atoms with Gasteiger partial charge in [-0.1, -0.05) is 13.8 Å². The number of carbonyl (C=O) groups excluding carboxylic acids is 1. The van der Waals surface area contributed by atoms with Gasteiger partial charge in [0.1, 0.15) is 0 Å². The number of aromatic nitrogens is 1. The van der Waals surface area contributed by atoms with E-state index in [1.807, 2.05) is 35.4 Å². The number of nitrogens with zero attached hydrogens (tertiary/aromatic N) is 1. The fourth-order valence-corrected chi connectivity index (χ4v) is 2.27. The largest absolute Gasteiger partial charge is 0.361 e. The van der Waals surface area contributed by atoms with Crippen LogP contribution < -0.4 is 0 Å². The van der Waals surface area contributed by atoms with Gasteiger partial charge in [-0.3, -0.25) is 4.79 Å². The van der Waals surface area contributed by atoms with Crippen LogP contribution in [0.5, 0.6) is 0 Å². The van der Waals surface area contributed by atoms with Crippen LogP contribution in [0, 0.1) is 5.92 Å². The second kappa shape index (κ2) is 5.47. The van der Waals surface area contributed by atoms with Gasteiger partial charge in [0.15, 0.2) is 0 Å². The molecule has 1 amide bonds. The zero-order valence-electron chi connectivity index (χ0n) is 12.1.